The summed E-state index contributed by atoms with van der Waals surface area (Å²) in [5.74, 6) is 1.91. The number of rotatable bonds is 1. The van der Waals surface area contributed by atoms with Crippen LogP contribution in [0.5, 0.6) is 17.2 Å². The average Bonchev–Trinajstić information content (AvgIpc) is 3.32. The molecule has 4 heterocycles. The van der Waals surface area contributed by atoms with Gasteiger partial charge in [-0.2, -0.15) is 0 Å². The first-order valence-electron chi connectivity index (χ1n) is 12.5. The molecule has 36 heavy (non-hydrogen) atoms. The minimum atomic E-state index is -0.0937. The highest BCUT2D eigenvalue weighted by atomic mass is 16.5. The van der Waals surface area contributed by atoms with Gasteiger partial charge in [0, 0.05) is 30.7 Å². The van der Waals surface area contributed by atoms with E-state index in [1.807, 2.05) is 43.5 Å². The van der Waals surface area contributed by atoms with Crippen LogP contribution >= 0.6 is 0 Å². The Morgan fingerprint density at radius 3 is 2.89 bits per heavy atom. The zero-order chi connectivity index (χ0) is 25.1. The fourth-order valence-electron chi connectivity index (χ4n) is 4.94. The number of aryl methyl sites for hydroxylation is 1. The second kappa shape index (κ2) is 10.6. The zero-order valence-electron chi connectivity index (χ0n) is 21.1. The summed E-state index contributed by atoms with van der Waals surface area (Å²) in [4.78, 5) is 15.7. The SMILES string of the molecule is COc1cccc2c1OCc1cn(nn1)CCOc1ccc(C)cc1C(=O)N[C@H]1CCN(C2)[C@H](C)C1. The molecule has 2 aromatic carbocycles. The number of methoxy groups -OCH3 is 1. The Labute approximate surface area is 211 Å². The van der Waals surface area contributed by atoms with Crippen molar-refractivity contribution in [1.82, 2.24) is 25.2 Å². The number of piperidine rings is 1. The van der Waals surface area contributed by atoms with Gasteiger partial charge in [-0.3, -0.25) is 9.69 Å². The fourth-order valence-corrected chi connectivity index (χ4v) is 4.94. The van der Waals surface area contributed by atoms with Crippen molar-refractivity contribution in [2.75, 3.05) is 20.3 Å². The van der Waals surface area contributed by atoms with Gasteiger partial charge in [-0.1, -0.05) is 29.0 Å². The number of carbonyl (C=O) groups excluding carboxylic acids is 1. The molecule has 0 radical (unpaired) electrons. The van der Waals surface area contributed by atoms with Crippen molar-refractivity contribution in [3.63, 3.8) is 0 Å². The average molecular weight is 492 g/mol. The van der Waals surface area contributed by atoms with Gasteiger partial charge in [-0.25, -0.2) is 4.68 Å². The predicted octanol–water partition coefficient (Wildman–Crippen LogP) is 3.35. The Balaban J connectivity index is 1.44. The summed E-state index contributed by atoms with van der Waals surface area (Å²) in [6, 6.07) is 12.1. The molecular weight excluding hydrogens is 458 g/mol. The topological polar surface area (TPSA) is 90.7 Å². The van der Waals surface area contributed by atoms with Crippen molar-refractivity contribution in [3.8, 4) is 17.2 Å². The molecule has 1 unspecified atom stereocenters. The van der Waals surface area contributed by atoms with E-state index in [1.54, 1.807) is 11.8 Å². The molecular formula is C27H33N5O4. The Hall–Kier alpha value is -3.59. The van der Waals surface area contributed by atoms with E-state index in [-0.39, 0.29) is 18.6 Å². The Bertz CT molecular complexity index is 1230. The molecule has 1 N–H and O–H groups in total. The van der Waals surface area contributed by atoms with E-state index in [4.69, 9.17) is 14.2 Å². The molecule has 1 saturated heterocycles. The number of hydrogen-bond acceptors (Lipinski definition) is 7. The van der Waals surface area contributed by atoms with Crippen molar-refractivity contribution in [3.05, 3.63) is 65.0 Å². The normalized spacial score (nSPS) is 22.5. The van der Waals surface area contributed by atoms with Crippen LogP contribution < -0.4 is 19.5 Å². The molecule has 4 bridgehead atoms. The maximum Gasteiger partial charge on any atom is 0.255 e. The molecule has 9 heteroatoms. The number of fused-ring (bicyclic) bond motifs is 6. The summed E-state index contributed by atoms with van der Waals surface area (Å²) in [6.45, 7) is 6.93. The van der Waals surface area contributed by atoms with Gasteiger partial charge < -0.3 is 19.5 Å². The summed E-state index contributed by atoms with van der Waals surface area (Å²) in [6.07, 6.45) is 3.60. The summed E-state index contributed by atoms with van der Waals surface area (Å²) >= 11 is 0. The van der Waals surface area contributed by atoms with Gasteiger partial charge in [0.05, 0.1) is 25.4 Å². The molecule has 1 amide bonds. The fraction of sp³-hybridized carbons (Fsp3) is 0.444. The van der Waals surface area contributed by atoms with Gasteiger partial charge >= 0.3 is 0 Å². The lowest BCUT2D eigenvalue weighted by Crippen LogP contribution is -2.48. The van der Waals surface area contributed by atoms with Gasteiger partial charge in [0.1, 0.15) is 24.7 Å². The van der Waals surface area contributed by atoms with Gasteiger partial charge in [0.15, 0.2) is 11.5 Å². The lowest BCUT2D eigenvalue weighted by atomic mass is 9.96. The van der Waals surface area contributed by atoms with Crippen molar-refractivity contribution in [2.45, 2.75) is 58.5 Å². The lowest BCUT2D eigenvalue weighted by Gasteiger charge is -2.38. The van der Waals surface area contributed by atoms with Gasteiger partial charge in [-0.15, -0.1) is 5.10 Å². The summed E-state index contributed by atoms with van der Waals surface area (Å²) < 4.78 is 19.6. The maximum atomic E-state index is 13.3. The molecule has 0 aliphatic carbocycles. The van der Waals surface area contributed by atoms with Crippen LogP contribution in [-0.4, -0.2) is 58.1 Å². The third kappa shape index (κ3) is 5.31. The van der Waals surface area contributed by atoms with Crippen molar-refractivity contribution in [1.29, 1.82) is 0 Å². The van der Waals surface area contributed by atoms with E-state index >= 15 is 0 Å². The van der Waals surface area contributed by atoms with E-state index < -0.39 is 0 Å². The zero-order valence-corrected chi connectivity index (χ0v) is 21.1. The highest BCUT2D eigenvalue weighted by molar-refractivity contribution is 5.97. The number of benzene rings is 2. The number of amides is 1. The van der Waals surface area contributed by atoms with E-state index in [0.29, 0.717) is 41.9 Å². The molecule has 3 aliphatic heterocycles. The third-order valence-corrected chi connectivity index (χ3v) is 6.91. The third-order valence-electron chi connectivity index (χ3n) is 6.91. The molecule has 6 rings (SSSR count). The largest absolute Gasteiger partial charge is 0.493 e. The van der Waals surface area contributed by atoms with Gasteiger partial charge in [0.25, 0.3) is 5.91 Å². The van der Waals surface area contributed by atoms with Crippen LogP contribution in [0.2, 0.25) is 0 Å². The maximum absolute atomic E-state index is 13.3. The standard InChI is InChI=1S/C27H33N5O4/c1-18-7-8-24-23(13-18)27(33)28-21-9-10-31(19(2)14-21)15-20-5-4-6-25(34-3)26(20)36-17-22-16-32(30-29-22)11-12-35-24/h4-8,13,16,19,21H,9-12,14-15,17H2,1-3H3,(H,28,33)/t19-,21+/m1/s1. The number of para-hydroxylation sites is 1. The first-order chi connectivity index (χ1) is 17.5. The highest BCUT2D eigenvalue weighted by Crippen LogP contribution is 2.34. The number of hydrogen-bond donors (Lipinski definition) is 1. The summed E-state index contributed by atoms with van der Waals surface area (Å²) in [5.41, 5.74) is 3.36. The van der Waals surface area contributed by atoms with Crippen LogP contribution in [0.1, 0.15) is 46.9 Å². The number of aromatic nitrogens is 3. The van der Waals surface area contributed by atoms with Gasteiger partial charge in [-0.05, 0) is 44.9 Å². The van der Waals surface area contributed by atoms with Crippen LogP contribution in [0.4, 0.5) is 0 Å². The molecule has 9 nitrogen and oxygen atoms in total. The summed E-state index contributed by atoms with van der Waals surface area (Å²) in [7, 11) is 1.65. The second-order valence-electron chi connectivity index (χ2n) is 9.57. The first-order valence-corrected chi connectivity index (χ1v) is 12.5. The van der Waals surface area contributed by atoms with Crippen LogP contribution in [0, 0.1) is 6.92 Å². The van der Waals surface area contributed by atoms with Crippen molar-refractivity contribution >= 4 is 5.91 Å². The monoisotopic (exact) mass is 491 g/mol. The Morgan fingerprint density at radius 2 is 2.06 bits per heavy atom. The molecule has 3 aromatic rings. The van der Waals surface area contributed by atoms with Crippen LogP contribution in [-0.2, 0) is 19.7 Å². The number of carbonyl (C=O) groups is 1. The quantitative estimate of drug-likeness (QED) is 0.558. The first kappa shape index (κ1) is 24.1. The lowest BCUT2D eigenvalue weighted by molar-refractivity contribution is 0.0861. The van der Waals surface area contributed by atoms with Crippen LogP contribution in [0.3, 0.4) is 0 Å². The second-order valence-corrected chi connectivity index (χ2v) is 9.57. The summed E-state index contributed by atoms with van der Waals surface area (Å²) in [5, 5.41) is 11.7. The minimum absolute atomic E-state index is 0.0937. The van der Waals surface area contributed by atoms with E-state index in [0.717, 1.165) is 42.8 Å². The number of ether oxygens (including phenoxy) is 3. The number of nitrogens with one attached hydrogen (secondary N) is 1. The van der Waals surface area contributed by atoms with E-state index in [2.05, 4.69) is 33.5 Å². The smallest absolute Gasteiger partial charge is 0.255 e. The molecule has 3 atom stereocenters. The van der Waals surface area contributed by atoms with Crippen molar-refractivity contribution < 1.29 is 19.0 Å². The van der Waals surface area contributed by atoms with Gasteiger partial charge in [0.2, 0.25) is 0 Å². The Morgan fingerprint density at radius 1 is 1.17 bits per heavy atom. The van der Waals surface area contributed by atoms with Crippen LogP contribution in [0.15, 0.2) is 42.6 Å². The molecule has 3 aliphatic rings. The van der Waals surface area contributed by atoms with E-state index in [1.165, 1.54) is 0 Å². The minimum Gasteiger partial charge on any atom is -0.493 e. The molecule has 190 valence electrons. The Kier molecular flexibility index (Phi) is 7.09. The van der Waals surface area contributed by atoms with Crippen molar-refractivity contribution in [2.24, 2.45) is 0 Å². The molecule has 0 saturated carbocycles. The highest BCUT2D eigenvalue weighted by Gasteiger charge is 2.28. The predicted molar refractivity (Wildman–Crippen MR) is 134 cm³/mol. The number of nitrogens with zero attached hydrogens (tertiary/aromatic N) is 4. The molecule has 1 aromatic heterocycles. The van der Waals surface area contributed by atoms with Crippen LogP contribution in [0.25, 0.3) is 0 Å². The van der Waals surface area contributed by atoms with E-state index in [9.17, 15) is 4.79 Å². The molecule has 0 spiro atoms. The molecule has 1 fully saturated rings.